The summed E-state index contributed by atoms with van der Waals surface area (Å²) in [4.78, 5) is 1.29. The van der Waals surface area contributed by atoms with Crippen LogP contribution in [0.15, 0.2) is 15.9 Å². The summed E-state index contributed by atoms with van der Waals surface area (Å²) in [6, 6.07) is 2.65. The van der Waals surface area contributed by atoms with E-state index in [1.54, 1.807) is 11.3 Å². The molecule has 0 spiro atoms. The average Bonchev–Trinajstić information content (AvgIpc) is 2.87. The highest BCUT2D eigenvalue weighted by Gasteiger charge is 2.15. The minimum absolute atomic E-state index is 0.590. The van der Waals surface area contributed by atoms with Gasteiger partial charge >= 0.3 is 0 Å². The van der Waals surface area contributed by atoms with Crippen LogP contribution in [-0.4, -0.2) is 11.2 Å². The quantitative estimate of drug-likeness (QED) is 0.835. The van der Waals surface area contributed by atoms with Crippen molar-refractivity contribution >= 4 is 44.6 Å². The van der Waals surface area contributed by atoms with Crippen LogP contribution in [0, 0.1) is 0 Å². The molecule has 2 rings (SSSR count). The predicted octanol–water partition coefficient (Wildman–Crippen LogP) is 3.42. The van der Waals surface area contributed by atoms with Crippen LogP contribution in [0.1, 0.15) is 30.6 Å². The summed E-state index contributed by atoms with van der Waals surface area (Å²) in [7, 11) is 0. The average molecular weight is 319 g/mol. The van der Waals surface area contributed by atoms with Crippen molar-refractivity contribution in [1.82, 2.24) is 10.6 Å². The van der Waals surface area contributed by atoms with E-state index in [4.69, 9.17) is 12.2 Å². The van der Waals surface area contributed by atoms with Gasteiger partial charge in [-0.3, -0.25) is 0 Å². The molecule has 0 bridgehead atoms. The SMILES string of the molecule is S=C(NCc1sccc1Br)NC1CCCC1. The molecule has 1 aromatic heterocycles. The highest BCUT2D eigenvalue weighted by Crippen LogP contribution is 2.22. The van der Waals surface area contributed by atoms with Gasteiger partial charge in [0.15, 0.2) is 5.11 Å². The number of thiocarbonyl (C=S) groups is 1. The lowest BCUT2D eigenvalue weighted by Crippen LogP contribution is -2.40. The van der Waals surface area contributed by atoms with Crippen LogP contribution in [0.3, 0.4) is 0 Å². The molecule has 1 aliphatic rings. The molecule has 16 heavy (non-hydrogen) atoms. The highest BCUT2D eigenvalue weighted by atomic mass is 79.9. The molecule has 1 fully saturated rings. The van der Waals surface area contributed by atoms with Crippen molar-refractivity contribution in [3.05, 3.63) is 20.8 Å². The Morgan fingerprint density at radius 3 is 2.88 bits per heavy atom. The third-order valence-corrected chi connectivity index (χ3v) is 4.98. The van der Waals surface area contributed by atoms with Gasteiger partial charge in [-0.05, 0) is 52.4 Å². The molecule has 0 radical (unpaired) electrons. The molecule has 2 nitrogen and oxygen atoms in total. The first-order chi connectivity index (χ1) is 7.75. The van der Waals surface area contributed by atoms with E-state index in [9.17, 15) is 0 Å². The van der Waals surface area contributed by atoms with Gasteiger partial charge in [0.05, 0.1) is 6.54 Å². The van der Waals surface area contributed by atoms with Crippen LogP contribution in [-0.2, 0) is 6.54 Å². The van der Waals surface area contributed by atoms with Crippen LogP contribution in [0.25, 0.3) is 0 Å². The first-order valence-corrected chi connectivity index (χ1v) is 7.60. The number of thiophene rings is 1. The first-order valence-electron chi connectivity index (χ1n) is 5.52. The van der Waals surface area contributed by atoms with Crippen molar-refractivity contribution in [3.8, 4) is 0 Å². The molecule has 2 N–H and O–H groups in total. The number of hydrogen-bond acceptors (Lipinski definition) is 2. The van der Waals surface area contributed by atoms with Gasteiger partial charge in [-0.15, -0.1) is 11.3 Å². The van der Waals surface area contributed by atoms with Crippen LogP contribution in [0.5, 0.6) is 0 Å². The fourth-order valence-electron chi connectivity index (χ4n) is 1.92. The molecule has 0 atom stereocenters. The molecule has 5 heteroatoms. The maximum atomic E-state index is 5.27. The number of rotatable bonds is 3. The maximum Gasteiger partial charge on any atom is 0.166 e. The molecule has 1 aliphatic carbocycles. The third-order valence-electron chi connectivity index (χ3n) is 2.79. The van der Waals surface area contributed by atoms with Gasteiger partial charge in [-0.1, -0.05) is 12.8 Å². The van der Waals surface area contributed by atoms with Crippen molar-refractivity contribution in [1.29, 1.82) is 0 Å². The molecule has 1 aromatic rings. The molecule has 88 valence electrons. The van der Waals surface area contributed by atoms with Gasteiger partial charge in [0, 0.05) is 15.4 Å². The fraction of sp³-hybridized carbons (Fsp3) is 0.545. The maximum absolute atomic E-state index is 5.27. The summed E-state index contributed by atoms with van der Waals surface area (Å²) in [5, 5.41) is 9.49. The van der Waals surface area contributed by atoms with Gasteiger partial charge < -0.3 is 10.6 Å². The largest absolute Gasteiger partial charge is 0.360 e. The van der Waals surface area contributed by atoms with Gasteiger partial charge in [0.2, 0.25) is 0 Å². The van der Waals surface area contributed by atoms with Gasteiger partial charge in [-0.25, -0.2) is 0 Å². The summed E-state index contributed by atoms with van der Waals surface area (Å²) < 4.78 is 1.16. The lowest BCUT2D eigenvalue weighted by atomic mass is 10.3. The van der Waals surface area contributed by atoms with Gasteiger partial charge in [0.25, 0.3) is 0 Å². The smallest absolute Gasteiger partial charge is 0.166 e. The van der Waals surface area contributed by atoms with Crippen LogP contribution in [0.4, 0.5) is 0 Å². The Bertz CT molecular complexity index is 359. The van der Waals surface area contributed by atoms with Crippen molar-refractivity contribution in [2.45, 2.75) is 38.3 Å². The topological polar surface area (TPSA) is 24.1 Å². The molecule has 0 amide bonds. The monoisotopic (exact) mass is 318 g/mol. The summed E-state index contributed by atoms with van der Waals surface area (Å²) in [5.74, 6) is 0. The van der Waals surface area contributed by atoms with E-state index < -0.39 is 0 Å². The van der Waals surface area contributed by atoms with Gasteiger partial charge in [-0.2, -0.15) is 0 Å². The minimum Gasteiger partial charge on any atom is -0.360 e. The first kappa shape index (κ1) is 12.3. The second-order valence-electron chi connectivity index (χ2n) is 4.00. The minimum atomic E-state index is 0.590. The van der Waals surface area contributed by atoms with E-state index in [2.05, 4.69) is 38.0 Å². The molecular weight excluding hydrogens is 304 g/mol. The normalized spacial score (nSPS) is 16.3. The Morgan fingerprint density at radius 1 is 1.50 bits per heavy atom. The fourth-order valence-corrected chi connectivity index (χ4v) is 3.59. The zero-order valence-electron chi connectivity index (χ0n) is 8.96. The van der Waals surface area contributed by atoms with E-state index in [0.717, 1.165) is 16.1 Å². The number of halogens is 1. The van der Waals surface area contributed by atoms with E-state index >= 15 is 0 Å². The summed E-state index contributed by atoms with van der Waals surface area (Å²) in [5.41, 5.74) is 0. The van der Waals surface area contributed by atoms with E-state index in [1.807, 2.05) is 0 Å². The zero-order valence-corrected chi connectivity index (χ0v) is 12.2. The third kappa shape index (κ3) is 3.43. The van der Waals surface area contributed by atoms with Crippen LogP contribution >= 0.6 is 39.5 Å². The second kappa shape index (κ2) is 5.98. The van der Waals surface area contributed by atoms with Crippen LogP contribution < -0.4 is 10.6 Å². The zero-order chi connectivity index (χ0) is 11.4. The molecule has 0 unspecified atom stereocenters. The highest BCUT2D eigenvalue weighted by molar-refractivity contribution is 9.10. The molecule has 0 aliphatic heterocycles. The summed E-state index contributed by atoms with van der Waals surface area (Å²) in [6.07, 6.45) is 5.17. The Morgan fingerprint density at radius 2 is 2.25 bits per heavy atom. The van der Waals surface area contributed by atoms with Crippen LogP contribution in [0.2, 0.25) is 0 Å². The van der Waals surface area contributed by atoms with E-state index in [0.29, 0.717) is 6.04 Å². The Labute approximate surface area is 114 Å². The number of nitrogens with one attached hydrogen (secondary N) is 2. The molecule has 0 aromatic carbocycles. The Hall–Kier alpha value is -0.130. The number of hydrogen-bond donors (Lipinski definition) is 2. The van der Waals surface area contributed by atoms with E-state index in [1.165, 1.54) is 30.6 Å². The summed E-state index contributed by atoms with van der Waals surface area (Å²) in [6.45, 7) is 0.802. The molecule has 1 saturated carbocycles. The lowest BCUT2D eigenvalue weighted by Gasteiger charge is -2.15. The van der Waals surface area contributed by atoms with Crippen molar-refractivity contribution in [2.75, 3.05) is 0 Å². The van der Waals surface area contributed by atoms with Gasteiger partial charge in [0.1, 0.15) is 0 Å². The predicted molar refractivity (Wildman–Crippen MR) is 76.8 cm³/mol. The standard InChI is InChI=1S/C11H15BrN2S2/c12-9-5-6-16-10(9)7-13-11(15)14-8-3-1-2-4-8/h5-6,8H,1-4,7H2,(H2,13,14,15). The summed E-state index contributed by atoms with van der Waals surface area (Å²) >= 11 is 10.5. The Balaban J connectivity index is 1.73. The lowest BCUT2D eigenvalue weighted by molar-refractivity contribution is 0.621. The van der Waals surface area contributed by atoms with Crippen molar-refractivity contribution in [3.63, 3.8) is 0 Å². The van der Waals surface area contributed by atoms with E-state index in [-0.39, 0.29) is 0 Å². The van der Waals surface area contributed by atoms with Crippen molar-refractivity contribution in [2.24, 2.45) is 0 Å². The second-order valence-corrected chi connectivity index (χ2v) is 6.26. The van der Waals surface area contributed by atoms with Crippen molar-refractivity contribution < 1.29 is 0 Å². The molecule has 0 saturated heterocycles. The molecular formula is C11H15BrN2S2. The molecule has 1 heterocycles. The Kier molecular flexibility index (Phi) is 4.61.